The summed E-state index contributed by atoms with van der Waals surface area (Å²) < 4.78 is 0. The Morgan fingerprint density at radius 1 is 1.00 bits per heavy atom. The van der Waals surface area contributed by atoms with Crippen LogP contribution in [-0.4, -0.2) is 16.6 Å². The van der Waals surface area contributed by atoms with Gasteiger partial charge in [-0.25, -0.2) is 4.79 Å². The van der Waals surface area contributed by atoms with Crippen LogP contribution in [-0.2, 0) is 15.0 Å². The Kier molecular flexibility index (Phi) is 9.35. The molecule has 0 saturated heterocycles. The van der Waals surface area contributed by atoms with Gasteiger partial charge >= 0.3 is 5.97 Å². The van der Waals surface area contributed by atoms with Crippen molar-refractivity contribution in [1.82, 2.24) is 0 Å². The van der Waals surface area contributed by atoms with Gasteiger partial charge in [0.15, 0.2) is 0 Å². The van der Waals surface area contributed by atoms with Gasteiger partial charge in [0.05, 0.1) is 10.6 Å². The molecule has 6 nitrogen and oxygen atoms in total. The second-order valence-corrected chi connectivity index (χ2v) is 11.2. The van der Waals surface area contributed by atoms with Crippen LogP contribution in [0.4, 0.5) is 5.69 Å². The van der Waals surface area contributed by atoms with Crippen molar-refractivity contribution in [2.75, 3.05) is 0 Å². The van der Waals surface area contributed by atoms with Gasteiger partial charge in [0.2, 0.25) is 0 Å². The predicted octanol–water partition coefficient (Wildman–Crippen LogP) is 8.87. The third kappa shape index (κ3) is 6.00. The number of nitrogens with zero attached hydrogens (tertiary/aromatic N) is 2. The van der Waals surface area contributed by atoms with Crippen molar-refractivity contribution in [2.24, 2.45) is 11.1 Å². The van der Waals surface area contributed by atoms with Crippen LogP contribution in [0, 0.1) is 16.0 Å². The van der Waals surface area contributed by atoms with E-state index in [1.54, 1.807) is 6.07 Å². The molecule has 0 aliphatic heterocycles. The molecule has 0 atom stereocenters. The number of hydrogen-bond acceptors (Lipinski definition) is 5. The summed E-state index contributed by atoms with van der Waals surface area (Å²) in [6.07, 6.45) is 14.4. The largest absolute Gasteiger partial charge is 0.331 e. The smallest absolute Gasteiger partial charge is 0.318 e. The zero-order valence-corrected chi connectivity index (χ0v) is 23.3. The molecule has 204 valence electrons. The van der Waals surface area contributed by atoms with Gasteiger partial charge in [0.25, 0.3) is 5.69 Å². The number of nitro groups is 1. The van der Waals surface area contributed by atoms with Gasteiger partial charge in [0, 0.05) is 24.5 Å². The summed E-state index contributed by atoms with van der Waals surface area (Å²) in [5, 5.41) is 16.1. The van der Waals surface area contributed by atoms with Crippen molar-refractivity contribution in [2.45, 2.75) is 110 Å². The molecule has 6 heteroatoms. The van der Waals surface area contributed by atoms with Crippen LogP contribution in [0.25, 0.3) is 11.1 Å². The highest BCUT2D eigenvalue weighted by Crippen LogP contribution is 2.55. The van der Waals surface area contributed by atoms with Crippen LogP contribution in [0.2, 0.25) is 0 Å². The Hall–Kier alpha value is -3.02. The van der Waals surface area contributed by atoms with E-state index in [0.29, 0.717) is 5.92 Å². The second-order valence-electron chi connectivity index (χ2n) is 11.2. The topological polar surface area (TPSA) is 81.8 Å². The van der Waals surface area contributed by atoms with Crippen LogP contribution < -0.4 is 0 Å². The second kappa shape index (κ2) is 12.7. The number of nitro benzene ring substituents is 1. The number of unbranched alkanes of at least 4 members (excludes halogenated alkanes) is 2. The Labute approximate surface area is 227 Å². The van der Waals surface area contributed by atoms with E-state index in [9.17, 15) is 14.9 Å². The number of fused-ring (bicyclic) bond motifs is 3. The molecule has 2 aliphatic rings. The molecule has 0 aromatic heterocycles. The summed E-state index contributed by atoms with van der Waals surface area (Å²) in [6.45, 7) is 5.78. The fourth-order valence-electron chi connectivity index (χ4n) is 6.58. The van der Waals surface area contributed by atoms with Crippen LogP contribution in [0.5, 0.6) is 0 Å². The van der Waals surface area contributed by atoms with Crippen LogP contribution in [0.1, 0.15) is 121 Å². The van der Waals surface area contributed by atoms with Crippen molar-refractivity contribution >= 4 is 17.4 Å². The van der Waals surface area contributed by atoms with E-state index in [1.807, 2.05) is 12.1 Å². The number of hydrogen-bond donors (Lipinski definition) is 0. The van der Waals surface area contributed by atoms with Gasteiger partial charge in [-0.15, -0.1) is 0 Å². The molecule has 1 fully saturated rings. The maximum Gasteiger partial charge on any atom is 0.331 e. The van der Waals surface area contributed by atoms with E-state index in [0.717, 1.165) is 79.3 Å². The lowest BCUT2D eigenvalue weighted by Crippen LogP contribution is -2.26. The first-order valence-corrected chi connectivity index (χ1v) is 14.6. The van der Waals surface area contributed by atoms with Crippen LogP contribution in [0.15, 0.2) is 41.6 Å². The molecular weight excluding hydrogens is 476 g/mol. The van der Waals surface area contributed by atoms with E-state index < -0.39 is 5.97 Å². The highest BCUT2D eigenvalue weighted by molar-refractivity contribution is 6.01. The number of rotatable bonds is 12. The fourth-order valence-corrected chi connectivity index (χ4v) is 6.58. The summed E-state index contributed by atoms with van der Waals surface area (Å²) >= 11 is 0. The maximum atomic E-state index is 11.7. The molecule has 38 heavy (non-hydrogen) atoms. The standard InChI is InChI=1S/C32H42N2O4/c1-4-6-19-32(20-7-5-2)29-21-25(14-16-27(29)28-17-15-26(34(36)37)22-30(28)32)31(33-38-23(3)35)18-13-24-11-9-8-10-12-24/h14-17,21-22,24H,4-13,18-20H2,1-3H3/b33-31-. The molecule has 0 heterocycles. The lowest BCUT2D eigenvalue weighted by molar-refractivity contribution is -0.384. The van der Waals surface area contributed by atoms with Gasteiger partial charge in [-0.1, -0.05) is 88.9 Å². The third-order valence-corrected chi connectivity index (χ3v) is 8.60. The van der Waals surface area contributed by atoms with Crippen LogP contribution >= 0.6 is 0 Å². The van der Waals surface area contributed by atoms with Crippen molar-refractivity contribution in [3.05, 3.63) is 63.2 Å². The Balaban J connectivity index is 1.79. The number of carbonyl (C=O) groups excluding carboxylic acids is 1. The quantitative estimate of drug-likeness (QED) is 0.122. The molecule has 0 unspecified atom stereocenters. The molecule has 2 aromatic rings. The van der Waals surface area contributed by atoms with Crippen molar-refractivity contribution < 1.29 is 14.6 Å². The molecule has 0 bridgehead atoms. The molecular formula is C32H42N2O4. The van der Waals surface area contributed by atoms with Gasteiger partial charge < -0.3 is 4.84 Å². The average Bonchev–Trinajstić information content (AvgIpc) is 3.19. The molecule has 0 amide bonds. The normalized spacial score (nSPS) is 16.7. The average molecular weight is 519 g/mol. The number of non-ortho nitro benzene ring substituents is 1. The number of carbonyl (C=O) groups is 1. The van der Waals surface area contributed by atoms with Gasteiger partial charge in [-0.3, -0.25) is 10.1 Å². The zero-order chi connectivity index (χ0) is 27.1. The first-order chi connectivity index (χ1) is 18.4. The molecule has 0 radical (unpaired) electrons. The molecule has 2 aliphatic carbocycles. The number of benzene rings is 2. The van der Waals surface area contributed by atoms with E-state index in [4.69, 9.17) is 4.84 Å². The van der Waals surface area contributed by atoms with Crippen molar-refractivity contribution in [1.29, 1.82) is 0 Å². The van der Waals surface area contributed by atoms with E-state index >= 15 is 0 Å². The molecule has 0 N–H and O–H groups in total. The molecule has 1 saturated carbocycles. The first-order valence-electron chi connectivity index (χ1n) is 14.6. The Bertz CT molecular complexity index is 1170. The predicted molar refractivity (Wildman–Crippen MR) is 152 cm³/mol. The van der Waals surface area contributed by atoms with E-state index in [-0.39, 0.29) is 16.0 Å². The number of oxime groups is 1. The van der Waals surface area contributed by atoms with E-state index in [2.05, 4.69) is 37.2 Å². The summed E-state index contributed by atoms with van der Waals surface area (Å²) in [5.41, 5.74) is 6.26. The third-order valence-electron chi connectivity index (χ3n) is 8.60. The SMILES string of the molecule is CCCCC1(CCCC)c2cc(/C(CCC3CCCCC3)=N\OC(C)=O)ccc2-c2ccc([N+](=O)[O-])cc21. The van der Waals surface area contributed by atoms with Crippen LogP contribution in [0.3, 0.4) is 0 Å². The van der Waals surface area contributed by atoms with Gasteiger partial charge in [-0.05, 0) is 71.6 Å². The monoisotopic (exact) mass is 518 g/mol. The van der Waals surface area contributed by atoms with E-state index in [1.165, 1.54) is 44.6 Å². The van der Waals surface area contributed by atoms with Crippen molar-refractivity contribution in [3.63, 3.8) is 0 Å². The highest BCUT2D eigenvalue weighted by Gasteiger charge is 2.43. The summed E-state index contributed by atoms with van der Waals surface area (Å²) in [6, 6.07) is 11.9. The molecule has 2 aromatic carbocycles. The molecule has 4 rings (SSSR count). The van der Waals surface area contributed by atoms with Gasteiger partial charge in [0.1, 0.15) is 0 Å². The zero-order valence-electron chi connectivity index (χ0n) is 23.3. The lowest BCUT2D eigenvalue weighted by atomic mass is 9.70. The minimum atomic E-state index is -0.415. The molecule has 0 spiro atoms. The minimum Gasteiger partial charge on any atom is -0.318 e. The Morgan fingerprint density at radius 3 is 2.24 bits per heavy atom. The maximum absolute atomic E-state index is 11.7. The summed E-state index contributed by atoms with van der Waals surface area (Å²) in [4.78, 5) is 28.3. The highest BCUT2D eigenvalue weighted by atomic mass is 16.7. The minimum absolute atomic E-state index is 0.152. The first kappa shape index (κ1) is 28.0. The lowest BCUT2D eigenvalue weighted by Gasteiger charge is -2.33. The van der Waals surface area contributed by atoms with Gasteiger partial charge in [-0.2, -0.15) is 0 Å². The summed E-state index contributed by atoms with van der Waals surface area (Å²) in [7, 11) is 0. The van der Waals surface area contributed by atoms with Crippen molar-refractivity contribution in [3.8, 4) is 11.1 Å². The summed E-state index contributed by atoms with van der Waals surface area (Å²) in [5.74, 6) is 0.278. The fraction of sp³-hybridized carbons (Fsp3) is 0.562. The Morgan fingerprint density at radius 2 is 1.63 bits per heavy atom.